The lowest BCUT2D eigenvalue weighted by Gasteiger charge is -2.02. The van der Waals surface area contributed by atoms with E-state index in [4.69, 9.17) is 0 Å². The van der Waals surface area contributed by atoms with E-state index in [0.29, 0.717) is 5.69 Å². The topological polar surface area (TPSA) is 72.7 Å². The van der Waals surface area contributed by atoms with Crippen LogP contribution in [0.4, 0.5) is 5.69 Å². The van der Waals surface area contributed by atoms with Gasteiger partial charge in [0.2, 0.25) is 0 Å². The van der Waals surface area contributed by atoms with Crippen molar-refractivity contribution < 1.29 is 4.79 Å². The quantitative estimate of drug-likeness (QED) is 0.806. The van der Waals surface area contributed by atoms with E-state index < -0.39 is 0 Å². The Morgan fingerprint density at radius 1 is 1.50 bits per heavy atom. The molecule has 0 aromatic carbocycles. The molecular formula is C10H11N5O. The standard InChI is InChI=1S/C10H11N5O/c1-7-5-8(3-4-11-7)13-10(16)9-6-12-15(2)14-9/h3-6H,1-2H3,(H,11,13,16). The van der Waals surface area contributed by atoms with Crippen LogP contribution < -0.4 is 5.32 Å². The molecule has 6 nitrogen and oxygen atoms in total. The zero-order valence-corrected chi connectivity index (χ0v) is 9.01. The van der Waals surface area contributed by atoms with E-state index in [-0.39, 0.29) is 11.6 Å². The molecule has 0 aliphatic carbocycles. The molecule has 2 aromatic heterocycles. The highest BCUT2D eigenvalue weighted by molar-refractivity contribution is 6.02. The van der Waals surface area contributed by atoms with Crippen LogP contribution in [0.2, 0.25) is 0 Å². The van der Waals surface area contributed by atoms with Gasteiger partial charge < -0.3 is 5.32 Å². The van der Waals surface area contributed by atoms with E-state index in [1.807, 2.05) is 6.92 Å². The van der Waals surface area contributed by atoms with Gasteiger partial charge in [0.1, 0.15) is 0 Å². The number of anilines is 1. The molecule has 2 rings (SSSR count). The lowest BCUT2D eigenvalue weighted by Crippen LogP contribution is -2.13. The van der Waals surface area contributed by atoms with Gasteiger partial charge in [-0.25, -0.2) is 0 Å². The number of carbonyl (C=O) groups excluding carboxylic acids is 1. The summed E-state index contributed by atoms with van der Waals surface area (Å²) in [6.45, 7) is 1.86. The molecule has 2 heterocycles. The lowest BCUT2D eigenvalue weighted by atomic mass is 10.3. The number of aromatic nitrogens is 4. The number of amides is 1. The van der Waals surface area contributed by atoms with Crippen LogP contribution in [0.1, 0.15) is 16.2 Å². The van der Waals surface area contributed by atoms with E-state index in [1.54, 1.807) is 25.4 Å². The molecule has 2 aromatic rings. The van der Waals surface area contributed by atoms with Gasteiger partial charge in [0, 0.05) is 24.6 Å². The first kappa shape index (κ1) is 10.3. The minimum atomic E-state index is -0.279. The second-order valence-electron chi connectivity index (χ2n) is 3.36. The van der Waals surface area contributed by atoms with Gasteiger partial charge in [0.15, 0.2) is 5.69 Å². The van der Waals surface area contributed by atoms with Gasteiger partial charge in [-0.3, -0.25) is 9.78 Å². The molecule has 0 aliphatic rings. The number of hydrogen-bond donors (Lipinski definition) is 1. The highest BCUT2D eigenvalue weighted by Crippen LogP contribution is 2.08. The van der Waals surface area contributed by atoms with Crippen molar-refractivity contribution >= 4 is 11.6 Å². The first-order chi connectivity index (χ1) is 7.65. The molecule has 0 aliphatic heterocycles. The maximum Gasteiger partial charge on any atom is 0.277 e. The van der Waals surface area contributed by atoms with Crippen LogP contribution in [-0.4, -0.2) is 25.9 Å². The second kappa shape index (κ2) is 4.09. The number of rotatable bonds is 2. The molecule has 16 heavy (non-hydrogen) atoms. The zero-order valence-electron chi connectivity index (χ0n) is 9.01. The van der Waals surface area contributed by atoms with Crippen molar-refractivity contribution in [3.05, 3.63) is 35.9 Å². The minimum absolute atomic E-state index is 0.279. The van der Waals surface area contributed by atoms with Gasteiger partial charge in [-0.2, -0.15) is 9.90 Å². The first-order valence-electron chi connectivity index (χ1n) is 4.75. The van der Waals surface area contributed by atoms with Crippen LogP contribution in [0.25, 0.3) is 0 Å². The first-order valence-corrected chi connectivity index (χ1v) is 4.75. The fourth-order valence-electron chi connectivity index (χ4n) is 1.27. The normalized spacial score (nSPS) is 10.1. The van der Waals surface area contributed by atoms with Crippen molar-refractivity contribution in [2.45, 2.75) is 6.92 Å². The highest BCUT2D eigenvalue weighted by atomic mass is 16.2. The Balaban J connectivity index is 2.13. The van der Waals surface area contributed by atoms with E-state index in [0.717, 1.165) is 5.69 Å². The monoisotopic (exact) mass is 217 g/mol. The predicted molar refractivity (Wildman–Crippen MR) is 57.9 cm³/mol. The summed E-state index contributed by atoms with van der Waals surface area (Å²) in [5.41, 5.74) is 1.83. The number of pyridine rings is 1. The Morgan fingerprint density at radius 2 is 2.31 bits per heavy atom. The number of nitrogens with zero attached hydrogens (tertiary/aromatic N) is 4. The molecule has 0 atom stereocenters. The van der Waals surface area contributed by atoms with Crippen LogP contribution >= 0.6 is 0 Å². The molecule has 82 valence electrons. The third kappa shape index (κ3) is 2.22. The Labute approximate surface area is 92.3 Å². The fraction of sp³-hybridized carbons (Fsp3) is 0.200. The molecule has 1 N–H and O–H groups in total. The number of carbonyl (C=O) groups is 1. The lowest BCUT2D eigenvalue weighted by molar-refractivity contribution is 0.102. The van der Waals surface area contributed by atoms with Crippen LogP contribution in [0.3, 0.4) is 0 Å². The van der Waals surface area contributed by atoms with E-state index in [1.165, 1.54) is 11.0 Å². The summed E-state index contributed by atoms with van der Waals surface area (Å²) in [5.74, 6) is -0.279. The number of aryl methyl sites for hydroxylation is 2. The summed E-state index contributed by atoms with van der Waals surface area (Å²) in [4.78, 5) is 17.1. The van der Waals surface area contributed by atoms with E-state index >= 15 is 0 Å². The average molecular weight is 217 g/mol. The Morgan fingerprint density at radius 3 is 2.94 bits per heavy atom. The Bertz CT molecular complexity index is 519. The molecule has 0 bridgehead atoms. The summed E-state index contributed by atoms with van der Waals surface area (Å²) in [7, 11) is 1.66. The number of nitrogens with one attached hydrogen (secondary N) is 1. The van der Waals surface area contributed by atoms with Gasteiger partial charge in [-0.1, -0.05) is 0 Å². The molecule has 0 saturated carbocycles. The summed E-state index contributed by atoms with van der Waals surface area (Å²) < 4.78 is 0. The molecule has 0 saturated heterocycles. The molecule has 1 amide bonds. The number of hydrogen-bond acceptors (Lipinski definition) is 4. The van der Waals surface area contributed by atoms with Crippen LogP contribution in [-0.2, 0) is 7.05 Å². The van der Waals surface area contributed by atoms with Crippen LogP contribution in [0.5, 0.6) is 0 Å². The average Bonchev–Trinajstić information content (AvgIpc) is 2.65. The van der Waals surface area contributed by atoms with E-state index in [2.05, 4.69) is 20.5 Å². The van der Waals surface area contributed by atoms with Gasteiger partial charge in [-0.05, 0) is 19.1 Å². The highest BCUT2D eigenvalue weighted by Gasteiger charge is 2.09. The van der Waals surface area contributed by atoms with Gasteiger partial charge in [-0.15, -0.1) is 5.10 Å². The smallest absolute Gasteiger partial charge is 0.277 e. The SMILES string of the molecule is Cc1cc(NC(=O)c2cnn(C)n2)ccn1. The zero-order chi connectivity index (χ0) is 11.5. The Hall–Kier alpha value is -2.24. The van der Waals surface area contributed by atoms with Gasteiger partial charge in [0.25, 0.3) is 5.91 Å². The van der Waals surface area contributed by atoms with Gasteiger partial charge >= 0.3 is 0 Å². The van der Waals surface area contributed by atoms with Crippen LogP contribution in [0, 0.1) is 6.92 Å². The molecule has 0 spiro atoms. The van der Waals surface area contributed by atoms with E-state index in [9.17, 15) is 4.79 Å². The summed E-state index contributed by atoms with van der Waals surface area (Å²) in [5, 5.41) is 10.5. The molecule has 0 radical (unpaired) electrons. The van der Waals surface area contributed by atoms with Crippen molar-refractivity contribution in [1.29, 1.82) is 0 Å². The molecule has 6 heteroatoms. The van der Waals surface area contributed by atoms with Crippen molar-refractivity contribution in [3.8, 4) is 0 Å². The summed E-state index contributed by atoms with van der Waals surface area (Å²) in [6, 6.07) is 3.51. The second-order valence-corrected chi connectivity index (χ2v) is 3.36. The van der Waals surface area contributed by atoms with Crippen LogP contribution in [0.15, 0.2) is 24.5 Å². The van der Waals surface area contributed by atoms with Gasteiger partial charge in [0.05, 0.1) is 6.20 Å². The summed E-state index contributed by atoms with van der Waals surface area (Å²) in [6.07, 6.45) is 3.06. The fourth-order valence-corrected chi connectivity index (χ4v) is 1.27. The third-order valence-corrected chi connectivity index (χ3v) is 1.99. The van der Waals surface area contributed by atoms with Crippen molar-refractivity contribution in [2.24, 2.45) is 7.05 Å². The molecule has 0 unspecified atom stereocenters. The van der Waals surface area contributed by atoms with Crippen molar-refractivity contribution in [3.63, 3.8) is 0 Å². The summed E-state index contributed by atoms with van der Waals surface area (Å²) >= 11 is 0. The van der Waals surface area contributed by atoms with Crippen molar-refractivity contribution in [1.82, 2.24) is 20.0 Å². The largest absolute Gasteiger partial charge is 0.320 e. The Kier molecular flexibility index (Phi) is 2.63. The minimum Gasteiger partial charge on any atom is -0.320 e. The van der Waals surface area contributed by atoms with Crippen molar-refractivity contribution in [2.75, 3.05) is 5.32 Å². The molecular weight excluding hydrogens is 206 g/mol. The third-order valence-electron chi connectivity index (χ3n) is 1.99. The maximum atomic E-state index is 11.7. The maximum absolute atomic E-state index is 11.7. The molecule has 0 fully saturated rings. The predicted octanol–water partition coefficient (Wildman–Crippen LogP) is 0.771.